The molecular weight excluding hydrogens is 420 g/mol. The quantitative estimate of drug-likeness (QED) is 0.604. The molecule has 0 atom stereocenters. The molecule has 0 saturated carbocycles. The first kappa shape index (κ1) is 22.6. The van der Waals surface area contributed by atoms with Gasteiger partial charge < -0.3 is 24.1 Å². The van der Waals surface area contributed by atoms with Crippen molar-refractivity contribution < 1.29 is 9.53 Å². The van der Waals surface area contributed by atoms with Gasteiger partial charge in [-0.05, 0) is 48.6 Å². The molecule has 4 rings (SSSR count). The van der Waals surface area contributed by atoms with Gasteiger partial charge in [0.2, 0.25) is 5.91 Å². The molecular formula is C25H30N4O4. The van der Waals surface area contributed by atoms with Crippen molar-refractivity contribution in [3.8, 4) is 5.75 Å². The first-order chi connectivity index (χ1) is 15.8. The second-order valence-corrected chi connectivity index (χ2v) is 8.83. The van der Waals surface area contributed by atoms with E-state index in [1.807, 2.05) is 30.3 Å². The molecule has 3 aromatic rings. The second kappa shape index (κ2) is 9.13. The smallest absolute Gasteiger partial charge is 0.316 e. The second-order valence-electron chi connectivity index (χ2n) is 8.83. The Morgan fingerprint density at radius 1 is 1.00 bits per heavy atom. The number of rotatable bonds is 5. The summed E-state index contributed by atoms with van der Waals surface area (Å²) in [7, 11) is 4.79. The van der Waals surface area contributed by atoms with Crippen LogP contribution in [-0.4, -0.2) is 35.2 Å². The summed E-state index contributed by atoms with van der Waals surface area (Å²) in [6.07, 6.45) is 2.33. The molecule has 8 nitrogen and oxygen atoms in total. The molecule has 0 spiro atoms. The maximum absolute atomic E-state index is 12.9. The highest BCUT2D eigenvalue weighted by Crippen LogP contribution is 2.33. The number of aromatic nitrogens is 2. The van der Waals surface area contributed by atoms with Gasteiger partial charge >= 0.3 is 11.1 Å². The van der Waals surface area contributed by atoms with Crippen LogP contribution in [0.15, 0.2) is 46.0 Å². The molecule has 0 radical (unpaired) electrons. The van der Waals surface area contributed by atoms with Crippen LogP contribution >= 0.6 is 0 Å². The van der Waals surface area contributed by atoms with Crippen molar-refractivity contribution in [2.24, 2.45) is 20.0 Å². The highest BCUT2D eigenvalue weighted by atomic mass is 16.5. The predicted molar refractivity (Wildman–Crippen MR) is 130 cm³/mol. The summed E-state index contributed by atoms with van der Waals surface area (Å²) in [6.45, 7) is 3.98. The average molecular weight is 451 g/mol. The van der Waals surface area contributed by atoms with Gasteiger partial charge in [-0.1, -0.05) is 19.1 Å². The Balaban J connectivity index is 1.73. The Morgan fingerprint density at radius 2 is 1.58 bits per heavy atom. The van der Waals surface area contributed by atoms with E-state index in [0.717, 1.165) is 42.9 Å². The van der Waals surface area contributed by atoms with Gasteiger partial charge in [-0.3, -0.25) is 14.4 Å². The zero-order chi connectivity index (χ0) is 23.7. The number of hydrogen-bond donors (Lipinski definition) is 1. The summed E-state index contributed by atoms with van der Waals surface area (Å²) in [5, 5.41) is 3.05. The predicted octanol–water partition coefficient (Wildman–Crippen LogP) is 2.66. The van der Waals surface area contributed by atoms with Crippen LogP contribution in [0.25, 0.3) is 11.0 Å². The van der Waals surface area contributed by atoms with Crippen molar-refractivity contribution in [3.63, 3.8) is 0 Å². The van der Waals surface area contributed by atoms with Gasteiger partial charge in [0.15, 0.2) is 0 Å². The fourth-order valence-corrected chi connectivity index (χ4v) is 4.34. The van der Waals surface area contributed by atoms with Gasteiger partial charge in [-0.15, -0.1) is 0 Å². The number of ether oxygens (including phenoxy) is 1. The molecule has 0 aliphatic carbocycles. The van der Waals surface area contributed by atoms with Crippen LogP contribution in [-0.2, 0) is 25.3 Å². The van der Waals surface area contributed by atoms with E-state index in [1.165, 1.54) is 9.13 Å². The standard InChI is InChI=1S/C25H30N4O4/c1-16-9-11-29(12-10-16)20-15-22-21(27(2)24(31)25(32)28(22)3)14-19(20)26-23(30)13-17-5-7-18(33-4)8-6-17/h5-8,14-16H,9-13H2,1-4H3,(H,26,30). The fraction of sp³-hybridized carbons (Fsp3) is 0.400. The number of anilines is 2. The summed E-state index contributed by atoms with van der Waals surface area (Å²) in [5.74, 6) is 1.24. The molecule has 2 heterocycles. The Morgan fingerprint density at radius 3 is 2.15 bits per heavy atom. The van der Waals surface area contributed by atoms with E-state index in [0.29, 0.717) is 22.6 Å². The number of benzene rings is 2. The summed E-state index contributed by atoms with van der Waals surface area (Å²) < 4.78 is 7.91. The first-order valence-corrected chi connectivity index (χ1v) is 11.2. The lowest BCUT2D eigenvalue weighted by Crippen LogP contribution is -2.39. The number of aryl methyl sites for hydroxylation is 2. The largest absolute Gasteiger partial charge is 0.497 e. The fourth-order valence-electron chi connectivity index (χ4n) is 4.34. The van der Waals surface area contributed by atoms with Crippen LogP contribution in [0.3, 0.4) is 0 Å². The Bertz CT molecular complexity index is 1300. The minimum atomic E-state index is -0.597. The highest BCUT2D eigenvalue weighted by molar-refractivity contribution is 5.99. The van der Waals surface area contributed by atoms with Crippen molar-refractivity contribution in [2.75, 3.05) is 30.4 Å². The summed E-state index contributed by atoms with van der Waals surface area (Å²) in [6, 6.07) is 11.1. The van der Waals surface area contributed by atoms with E-state index in [2.05, 4.69) is 17.1 Å². The minimum absolute atomic E-state index is 0.152. The van der Waals surface area contributed by atoms with Gasteiger partial charge in [0, 0.05) is 27.2 Å². The van der Waals surface area contributed by atoms with Gasteiger partial charge in [0.05, 0.1) is 35.9 Å². The lowest BCUT2D eigenvalue weighted by Gasteiger charge is -2.34. The Labute approximate surface area is 192 Å². The van der Waals surface area contributed by atoms with E-state index in [9.17, 15) is 14.4 Å². The number of carbonyl (C=O) groups is 1. The van der Waals surface area contributed by atoms with E-state index in [4.69, 9.17) is 4.74 Å². The van der Waals surface area contributed by atoms with E-state index >= 15 is 0 Å². The van der Waals surface area contributed by atoms with Crippen LogP contribution < -0.4 is 26.1 Å². The molecule has 1 saturated heterocycles. The highest BCUT2D eigenvalue weighted by Gasteiger charge is 2.22. The first-order valence-electron chi connectivity index (χ1n) is 11.2. The topological polar surface area (TPSA) is 85.6 Å². The lowest BCUT2D eigenvalue weighted by molar-refractivity contribution is -0.115. The molecule has 1 amide bonds. The maximum atomic E-state index is 12.9. The number of nitrogens with one attached hydrogen (secondary N) is 1. The zero-order valence-electron chi connectivity index (χ0n) is 19.6. The van der Waals surface area contributed by atoms with E-state index in [1.54, 1.807) is 27.3 Å². The molecule has 1 fully saturated rings. The number of methoxy groups -OCH3 is 1. The molecule has 1 N–H and O–H groups in total. The van der Waals surface area contributed by atoms with Crippen LogP contribution in [0.5, 0.6) is 5.75 Å². The van der Waals surface area contributed by atoms with Crippen molar-refractivity contribution in [3.05, 3.63) is 62.7 Å². The van der Waals surface area contributed by atoms with Crippen molar-refractivity contribution >= 4 is 28.3 Å². The number of piperidine rings is 1. The third-order valence-corrected chi connectivity index (χ3v) is 6.53. The van der Waals surface area contributed by atoms with Crippen LogP contribution in [0.4, 0.5) is 11.4 Å². The maximum Gasteiger partial charge on any atom is 0.316 e. The average Bonchev–Trinajstić information content (AvgIpc) is 2.82. The molecule has 0 unspecified atom stereocenters. The summed E-state index contributed by atoms with van der Waals surface area (Å²) in [5.41, 5.74) is 2.46. The zero-order valence-corrected chi connectivity index (χ0v) is 19.6. The van der Waals surface area contributed by atoms with Gasteiger partial charge in [0.1, 0.15) is 5.75 Å². The van der Waals surface area contributed by atoms with Gasteiger partial charge in [-0.25, -0.2) is 0 Å². The molecule has 1 aromatic heterocycles. The van der Waals surface area contributed by atoms with Crippen LogP contribution in [0.1, 0.15) is 25.3 Å². The molecule has 8 heteroatoms. The molecule has 1 aliphatic rings. The summed E-state index contributed by atoms with van der Waals surface area (Å²) >= 11 is 0. The van der Waals surface area contributed by atoms with Crippen LogP contribution in [0.2, 0.25) is 0 Å². The third kappa shape index (κ3) is 4.51. The number of fused-ring (bicyclic) bond motifs is 1. The molecule has 33 heavy (non-hydrogen) atoms. The third-order valence-electron chi connectivity index (χ3n) is 6.53. The minimum Gasteiger partial charge on any atom is -0.497 e. The number of nitrogens with zero attached hydrogens (tertiary/aromatic N) is 3. The number of hydrogen-bond acceptors (Lipinski definition) is 5. The van der Waals surface area contributed by atoms with Gasteiger partial charge in [0.25, 0.3) is 0 Å². The van der Waals surface area contributed by atoms with Gasteiger partial charge in [-0.2, -0.15) is 0 Å². The lowest BCUT2D eigenvalue weighted by atomic mass is 9.98. The van der Waals surface area contributed by atoms with Crippen molar-refractivity contribution in [1.82, 2.24) is 9.13 Å². The molecule has 0 bridgehead atoms. The molecule has 1 aliphatic heterocycles. The van der Waals surface area contributed by atoms with Crippen molar-refractivity contribution in [1.29, 1.82) is 0 Å². The Kier molecular flexibility index (Phi) is 6.26. The molecule has 174 valence electrons. The molecule has 2 aromatic carbocycles. The monoisotopic (exact) mass is 450 g/mol. The number of amides is 1. The van der Waals surface area contributed by atoms with E-state index in [-0.39, 0.29) is 12.3 Å². The Hall–Kier alpha value is -3.55. The summed E-state index contributed by atoms with van der Waals surface area (Å²) in [4.78, 5) is 40.0. The number of carbonyl (C=O) groups excluding carboxylic acids is 1. The van der Waals surface area contributed by atoms with E-state index < -0.39 is 11.1 Å². The SMILES string of the molecule is COc1ccc(CC(=O)Nc2cc3c(cc2N2CCC(C)CC2)n(C)c(=O)c(=O)n3C)cc1. The van der Waals surface area contributed by atoms with Crippen LogP contribution in [0, 0.1) is 5.92 Å². The normalized spacial score (nSPS) is 14.5. The van der Waals surface area contributed by atoms with Crippen molar-refractivity contribution in [2.45, 2.75) is 26.2 Å².